The van der Waals surface area contributed by atoms with Gasteiger partial charge >= 0.3 is 11.9 Å². The minimum absolute atomic E-state index is 0.0182. The molecule has 0 amide bonds. The second-order valence-corrected chi connectivity index (χ2v) is 3.69. The summed E-state index contributed by atoms with van der Waals surface area (Å²) in [6.07, 6.45) is 0. The van der Waals surface area contributed by atoms with Crippen LogP contribution < -0.4 is 0 Å². The molecule has 1 N–H and O–H groups in total. The second kappa shape index (κ2) is 6.68. The SMILES string of the molecule is CC(=O)OCC(CO)(CS)COC(C)=O. The predicted molar refractivity (Wildman–Crippen MR) is 56.6 cm³/mol. The molecule has 0 aliphatic rings. The van der Waals surface area contributed by atoms with E-state index in [2.05, 4.69) is 12.6 Å². The number of aliphatic hydroxyl groups excluding tert-OH is 1. The quantitative estimate of drug-likeness (QED) is 0.502. The number of aliphatic hydroxyl groups is 1. The maximum atomic E-state index is 10.6. The molecule has 0 aromatic rings. The lowest BCUT2D eigenvalue weighted by Gasteiger charge is -2.28. The molecule has 6 heteroatoms. The van der Waals surface area contributed by atoms with Crippen molar-refractivity contribution in [3.63, 3.8) is 0 Å². The molecule has 0 saturated carbocycles. The third kappa shape index (κ3) is 5.64. The number of hydrogen-bond donors (Lipinski definition) is 2. The van der Waals surface area contributed by atoms with Crippen molar-refractivity contribution in [3.05, 3.63) is 0 Å². The lowest BCUT2D eigenvalue weighted by molar-refractivity contribution is -0.152. The number of carbonyl (C=O) groups is 2. The van der Waals surface area contributed by atoms with Crippen molar-refractivity contribution in [3.8, 4) is 0 Å². The van der Waals surface area contributed by atoms with Crippen LogP contribution in [0.5, 0.6) is 0 Å². The number of rotatable bonds is 6. The van der Waals surface area contributed by atoms with E-state index in [-0.39, 0.29) is 25.6 Å². The Morgan fingerprint density at radius 1 is 1.20 bits per heavy atom. The molecule has 0 rings (SSSR count). The third-order valence-electron chi connectivity index (χ3n) is 1.83. The van der Waals surface area contributed by atoms with Gasteiger partial charge in [0.1, 0.15) is 13.2 Å². The van der Waals surface area contributed by atoms with Crippen LogP contribution in [0.15, 0.2) is 0 Å². The smallest absolute Gasteiger partial charge is 0.302 e. The zero-order chi connectivity index (χ0) is 11.9. The molecular formula is C9H16O5S. The Bertz CT molecular complexity index is 205. The van der Waals surface area contributed by atoms with Crippen molar-refractivity contribution < 1.29 is 24.2 Å². The average Bonchev–Trinajstić information content (AvgIpc) is 2.19. The summed E-state index contributed by atoms with van der Waals surface area (Å²) in [6.45, 7) is 2.24. The van der Waals surface area contributed by atoms with Gasteiger partial charge in [0, 0.05) is 19.6 Å². The molecule has 0 spiro atoms. The van der Waals surface area contributed by atoms with E-state index in [0.717, 1.165) is 0 Å². The Kier molecular flexibility index (Phi) is 6.35. The fourth-order valence-corrected chi connectivity index (χ4v) is 1.07. The standard InChI is InChI=1S/C9H16O5S/c1-7(11)13-4-9(3-10,6-15)5-14-8(2)12/h10,15H,3-6H2,1-2H3. The van der Waals surface area contributed by atoms with Crippen molar-refractivity contribution >= 4 is 24.6 Å². The van der Waals surface area contributed by atoms with Crippen LogP contribution in [0.1, 0.15) is 13.8 Å². The predicted octanol–water partition coefficient (Wildman–Crippen LogP) is 0.0211. The van der Waals surface area contributed by atoms with Gasteiger partial charge in [-0.15, -0.1) is 0 Å². The normalized spacial score (nSPS) is 10.9. The van der Waals surface area contributed by atoms with Crippen LogP contribution in [0, 0.1) is 5.41 Å². The molecule has 0 fully saturated rings. The molecule has 0 aromatic heterocycles. The number of ether oxygens (including phenoxy) is 2. The van der Waals surface area contributed by atoms with Gasteiger partial charge in [-0.25, -0.2) is 0 Å². The highest BCUT2D eigenvalue weighted by Crippen LogP contribution is 2.19. The zero-order valence-corrected chi connectivity index (χ0v) is 9.75. The van der Waals surface area contributed by atoms with Crippen LogP contribution in [0.2, 0.25) is 0 Å². The van der Waals surface area contributed by atoms with Gasteiger partial charge in [0.05, 0.1) is 12.0 Å². The van der Waals surface area contributed by atoms with E-state index in [1.54, 1.807) is 0 Å². The van der Waals surface area contributed by atoms with E-state index in [9.17, 15) is 14.7 Å². The molecule has 0 bridgehead atoms. The Hall–Kier alpha value is -0.750. The molecule has 0 radical (unpaired) electrons. The summed E-state index contributed by atoms with van der Waals surface area (Å²) in [4.78, 5) is 21.2. The molecule has 0 aromatic carbocycles. The summed E-state index contributed by atoms with van der Waals surface area (Å²) in [6, 6.07) is 0. The summed E-state index contributed by atoms with van der Waals surface area (Å²) in [7, 11) is 0. The fourth-order valence-electron chi connectivity index (χ4n) is 0.784. The van der Waals surface area contributed by atoms with Gasteiger partial charge < -0.3 is 14.6 Å². The number of hydrogen-bond acceptors (Lipinski definition) is 6. The molecule has 0 atom stereocenters. The van der Waals surface area contributed by atoms with Crippen molar-refractivity contribution in [1.82, 2.24) is 0 Å². The average molecular weight is 236 g/mol. The largest absolute Gasteiger partial charge is 0.465 e. The van der Waals surface area contributed by atoms with E-state index in [1.165, 1.54) is 13.8 Å². The van der Waals surface area contributed by atoms with E-state index in [0.29, 0.717) is 0 Å². The van der Waals surface area contributed by atoms with Crippen LogP contribution in [0.3, 0.4) is 0 Å². The Morgan fingerprint density at radius 2 is 1.60 bits per heavy atom. The van der Waals surface area contributed by atoms with Gasteiger partial charge in [0.2, 0.25) is 0 Å². The first-order valence-electron chi connectivity index (χ1n) is 4.44. The lowest BCUT2D eigenvalue weighted by Crippen LogP contribution is -2.39. The minimum atomic E-state index is -0.819. The highest BCUT2D eigenvalue weighted by molar-refractivity contribution is 7.80. The van der Waals surface area contributed by atoms with E-state index >= 15 is 0 Å². The van der Waals surface area contributed by atoms with Gasteiger partial charge in [-0.2, -0.15) is 12.6 Å². The Morgan fingerprint density at radius 3 is 1.80 bits per heavy atom. The van der Waals surface area contributed by atoms with Crippen LogP contribution in [0.4, 0.5) is 0 Å². The van der Waals surface area contributed by atoms with Crippen molar-refractivity contribution in [2.45, 2.75) is 13.8 Å². The Balaban J connectivity index is 4.29. The maximum Gasteiger partial charge on any atom is 0.302 e. The first kappa shape index (κ1) is 14.2. The number of thiol groups is 1. The van der Waals surface area contributed by atoms with Crippen LogP contribution >= 0.6 is 12.6 Å². The van der Waals surface area contributed by atoms with E-state index in [4.69, 9.17) is 9.47 Å². The van der Waals surface area contributed by atoms with Gasteiger partial charge in [0.15, 0.2) is 0 Å². The summed E-state index contributed by atoms with van der Waals surface area (Å²) in [5.41, 5.74) is -0.819. The summed E-state index contributed by atoms with van der Waals surface area (Å²) >= 11 is 4.04. The lowest BCUT2D eigenvalue weighted by atomic mass is 9.94. The molecular weight excluding hydrogens is 220 g/mol. The van der Waals surface area contributed by atoms with Gasteiger partial charge in [-0.1, -0.05) is 0 Å². The summed E-state index contributed by atoms with van der Waals surface area (Å²) in [5, 5.41) is 9.17. The highest BCUT2D eigenvalue weighted by atomic mass is 32.1. The van der Waals surface area contributed by atoms with Gasteiger partial charge in [-0.05, 0) is 0 Å². The first-order valence-corrected chi connectivity index (χ1v) is 5.07. The molecule has 0 aliphatic heterocycles. The molecule has 5 nitrogen and oxygen atoms in total. The van der Waals surface area contributed by atoms with E-state index < -0.39 is 17.4 Å². The third-order valence-corrected chi connectivity index (χ3v) is 2.50. The first-order chi connectivity index (χ1) is 6.95. The Labute approximate surface area is 94.2 Å². The molecule has 0 saturated heterocycles. The van der Waals surface area contributed by atoms with E-state index in [1.807, 2.05) is 0 Å². The van der Waals surface area contributed by atoms with Gasteiger partial charge in [0.25, 0.3) is 0 Å². The van der Waals surface area contributed by atoms with Crippen LogP contribution in [-0.2, 0) is 19.1 Å². The van der Waals surface area contributed by atoms with Crippen LogP contribution in [-0.4, -0.2) is 42.6 Å². The minimum Gasteiger partial charge on any atom is -0.465 e. The fraction of sp³-hybridized carbons (Fsp3) is 0.778. The van der Waals surface area contributed by atoms with Gasteiger partial charge in [-0.3, -0.25) is 9.59 Å². The topological polar surface area (TPSA) is 72.8 Å². The van der Waals surface area contributed by atoms with Crippen molar-refractivity contribution in [2.24, 2.45) is 5.41 Å². The molecule has 88 valence electrons. The van der Waals surface area contributed by atoms with Crippen molar-refractivity contribution in [1.29, 1.82) is 0 Å². The summed E-state index contributed by atoms with van der Waals surface area (Å²) in [5.74, 6) is -0.640. The molecule has 0 heterocycles. The molecule has 0 aliphatic carbocycles. The van der Waals surface area contributed by atoms with Crippen LogP contribution in [0.25, 0.3) is 0 Å². The number of carbonyl (C=O) groups excluding carboxylic acids is 2. The number of esters is 2. The molecule has 0 unspecified atom stereocenters. The van der Waals surface area contributed by atoms with Crippen molar-refractivity contribution in [2.75, 3.05) is 25.6 Å². The zero-order valence-electron chi connectivity index (χ0n) is 8.86. The maximum absolute atomic E-state index is 10.6. The summed E-state index contributed by atoms with van der Waals surface area (Å²) < 4.78 is 9.56. The monoisotopic (exact) mass is 236 g/mol. The second-order valence-electron chi connectivity index (χ2n) is 3.38. The molecule has 15 heavy (non-hydrogen) atoms. The highest BCUT2D eigenvalue weighted by Gasteiger charge is 2.31.